The molecule has 0 spiro atoms. The van der Waals surface area contributed by atoms with Gasteiger partial charge < -0.3 is 18.3 Å². The highest BCUT2D eigenvalue weighted by Gasteiger charge is 2.45. The van der Waals surface area contributed by atoms with Crippen molar-refractivity contribution in [2.45, 2.75) is 25.3 Å². The van der Waals surface area contributed by atoms with Gasteiger partial charge in [-0.15, -0.1) is 0 Å². The quantitative estimate of drug-likeness (QED) is 0.254. The number of fused-ring (bicyclic) bond motifs is 1. The maximum absolute atomic E-state index is 13.3. The number of nitro benzene ring substituents is 1. The monoisotopic (exact) mass is 505 g/mol. The summed E-state index contributed by atoms with van der Waals surface area (Å²) in [5, 5.41) is 17.2. The molecule has 0 radical (unpaired) electrons. The largest absolute Gasteiger partial charge is 0.490 e. The molecule has 2 atom stereocenters. The highest BCUT2D eigenvalue weighted by molar-refractivity contribution is 6.08. The van der Waals surface area contributed by atoms with Crippen LogP contribution in [0.15, 0.2) is 74.5 Å². The molecule has 2 aromatic heterocycles. The molecule has 1 fully saturated rings. The van der Waals surface area contributed by atoms with E-state index >= 15 is 0 Å². The molecule has 190 valence electrons. The Labute approximate surface area is 211 Å². The minimum absolute atomic E-state index is 0.00724. The summed E-state index contributed by atoms with van der Waals surface area (Å²) in [5.74, 6) is -0.236. The van der Waals surface area contributed by atoms with Crippen LogP contribution in [0.5, 0.6) is 5.75 Å². The van der Waals surface area contributed by atoms with Gasteiger partial charge in [0.2, 0.25) is 0 Å². The maximum Gasteiger partial charge on any atom is 0.338 e. The van der Waals surface area contributed by atoms with Crippen LogP contribution >= 0.6 is 0 Å². The Balaban J connectivity index is 1.37. The minimum atomic E-state index is -0.878. The van der Waals surface area contributed by atoms with Crippen molar-refractivity contribution < 1.29 is 32.8 Å². The van der Waals surface area contributed by atoms with Crippen LogP contribution in [-0.2, 0) is 9.53 Å². The van der Waals surface area contributed by atoms with Crippen molar-refractivity contribution in [2.75, 3.05) is 13.7 Å². The first-order chi connectivity index (χ1) is 18.0. The van der Waals surface area contributed by atoms with Crippen molar-refractivity contribution in [3.05, 3.63) is 87.8 Å². The van der Waals surface area contributed by atoms with Gasteiger partial charge in [-0.2, -0.15) is 5.10 Å². The highest BCUT2D eigenvalue weighted by Crippen LogP contribution is 2.44. The molecular formula is C26H23N3O8. The summed E-state index contributed by atoms with van der Waals surface area (Å²) in [4.78, 5) is 36.5. The van der Waals surface area contributed by atoms with Gasteiger partial charge in [-0.1, -0.05) is 0 Å². The van der Waals surface area contributed by atoms with Gasteiger partial charge in [0.25, 0.3) is 5.91 Å². The number of carbonyl (C=O) groups excluding carboxylic acids is 2. The van der Waals surface area contributed by atoms with E-state index in [4.69, 9.17) is 18.3 Å². The van der Waals surface area contributed by atoms with Crippen molar-refractivity contribution in [2.24, 2.45) is 11.0 Å². The standard InChI is InChI=1S/C26H23N3O8/c1-34-21-10-9-17(14-20(21)29(32)33)26(31)37-15-23(30)28-25(22-8-4-12-36-22)19-7-2-5-16(24(19)27-28)13-18-6-3-11-35-18/h3-4,6,8-14,19,25H,2,5,7,15H2,1H3/b16-13-/t19-,25+/m0/s1. The van der Waals surface area contributed by atoms with Crippen molar-refractivity contribution in [3.8, 4) is 5.75 Å². The molecule has 1 aromatic carbocycles. The Morgan fingerprint density at radius 1 is 1.22 bits per heavy atom. The zero-order valence-electron chi connectivity index (χ0n) is 19.9. The van der Waals surface area contributed by atoms with Crippen molar-refractivity contribution in [1.82, 2.24) is 5.01 Å². The van der Waals surface area contributed by atoms with Gasteiger partial charge in [-0.05, 0) is 67.3 Å². The van der Waals surface area contributed by atoms with Crippen LogP contribution in [0.1, 0.15) is 47.2 Å². The summed E-state index contributed by atoms with van der Waals surface area (Å²) in [7, 11) is 1.29. The third kappa shape index (κ3) is 4.75. The molecule has 3 aromatic rings. The lowest BCUT2D eigenvalue weighted by Gasteiger charge is -2.27. The normalized spacial score (nSPS) is 19.9. The lowest BCUT2D eigenvalue weighted by Crippen LogP contribution is -2.34. The van der Waals surface area contributed by atoms with E-state index in [1.54, 1.807) is 24.5 Å². The third-order valence-electron chi connectivity index (χ3n) is 6.39. The fraction of sp³-hybridized carbons (Fsp3) is 0.269. The first-order valence-corrected chi connectivity index (χ1v) is 11.6. The second-order valence-electron chi connectivity index (χ2n) is 8.59. The summed E-state index contributed by atoms with van der Waals surface area (Å²) >= 11 is 0. The molecular weight excluding hydrogens is 482 g/mol. The molecule has 0 unspecified atom stereocenters. The number of hydrazone groups is 1. The number of methoxy groups -OCH3 is 1. The van der Waals surface area contributed by atoms with Crippen LogP contribution in [0.25, 0.3) is 6.08 Å². The average molecular weight is 505 g/mol. The zero-order chi connectivity index (χ0) is 25.9. The topological polar surface area (TPSA) is 138 Å². The molecule has 0 saturated heterocycles. The molecule has 1 saturated carbocycles. The van der Waals surface area contributed by atoms with Gasteiger partial charge in [0, 0.05) is 12.0 Å². The summed E-state index contributed by atoms with van der Waals surface area (Å²) in [5.41, 5.74) is 1.29. The molecule has 1 aliphatic carbocycles. The molecule has 0 N–H and O–H groups in total. The van der Waals surface area contributed by atoms with E-state index in [-0.39, 0.29) is 22.9 Å². The van der Waals surface area contributed by atoms with E-state index in [0.717, 1.165) is 36.6 Å². The highest BCUT2D eigenvalue weighted by atomic mass is 16.6. The molecule has 5 rings (SSSR count). The van der Waals surface area contributed by atoms with Crippen LogP contribution < -0.4 is 4.74 Å². The first kappa shape index (κ1) is 24.0. The van der Waals surface area contributed by atoms with Crippen LogP contribution in [0.2, 0.25) is 0 Å². The first-order valence-electron chi connectivity index (χ1n) is 11.6. The number of nitro groups is 1. The zero-order valence-corrected chi connectivity index (χ0v) is 19.9. The van der Waals surface area contributed by atoms with E-state index < -0.39 is 29.4 Å². The predicted octanol–water partition coefficient (Wildman–Crippen LogP) is 4.77. The molecule has 3 heterocycles. The van der Waals surface area contributed by atoms with Crippen LogP contribution in [0.4, 0.5) is 5.69 Å². The lowest BCUT2D eigenvalue weighted by molar-refractivity contribution is -0.385. The molecule has 11 heteroatoms. The number of hydrogen-bond acceptors (Lipinski definition) is 9. The number of benzene rings is 1. The Morgan fingerprint density at radius 2 is 2.03 bits per heavy atom. The molecule has 2 aliphatic rings. The number of esters is 1. The van der Waals surface area contributed by atoms with Crippen molar-refractivity contribution in [1.29, 1.82) is 0 Å². The smallest absolute Gasteiger partial charge is 0.338 e. The van der Waals surface area contributed by atoms with E-state index in [1.165, 1.54) is 30.5 Å². The Hall–Kier alpha value is -4.67. The molecule has 1 amide bonds. The van der Waals surface area contributed by atoms with Crippen LogP contribution in [0.3, 0.4) is 0 Å². The van der Waals surface area contributed by atoms with Gasteiger partial charge in [0.05, 0.1) is 35.8 Å². The van der Waals surface area contributed by atoms with Gasteiger partial charge in [0.15, 0.2) is 12.4 Å². The van der Waals surface area contributed by atoms with E-state index in [1.807, 2.05) is 12.1 Å². The van der Waals surface area contributed by atoms with Crippen LogP contribution in [-0.4, -0.2) is 41.2 Å². The molecule has 0 bridgehead atoms. The predicted molar refractivity (Wildman–Crippen MR) is 130 cm³/mol. The molecule has 1 aliphatic heterocycles. The second-order valence-corrected chi connectivity index (χ2v) is 8.59. The minimum Gasteiger partial charge on any atom is -0.490 e. The van der Waals surface area contributed by atoms with Gasteiger partial charge in [-0.3, -0.25) is 14.9 Å². The summed E-state index contributed by atoms with van der Waals surface area (Å²) in [6.07, 6.45) is 7.55. The maximum atomic E-state index is 13.3. The average Bonchev–Trinajstić information content (AvgIpc) is 3.68. The van der Waals surface area contributed by atoms with E-state index in [9.17, 15) is 19.7 Å². The lowest BCUT2D eigenvalue weighted by atomic mass is 9.79. The summed E-state index contributed by atoms with van der Waals surface area (Å²) in [6, 6.07) is 10.4. The Morgan fingerprint density at radius 3 is 2.73 bits per heavy atom. The summed E-state index contributed by atoms with van der Waals surface area (Å²) < 4.78 is 21.3. The number of nitrogens with zero attached hydrogens (tertiary/aromatic N) is 3. The number of ether oxygens (including phenoxy) is 2. The van der Waals surface area contributed by atoms with Gasteiger partial charge in [0.1, 0.15) is 17.6 Å². The van der Waals surface area contributed by atoms with E-state index in [2.05, 4.69) is 5.10 Å². The number of carbonyl (C=O) groups is 2. The SMILES string of the molecule is COc1ccc(C(=O)OCC(=O)N2N=C3/C(=C\c4ccco4)CCC[C@@H]3[C@@H]2c2ccco2)cc1[N+](=O)[O-]. The Kier molecular flexibility index (Phi) is 6.59. The van der Waals surface area contributed by atoms with Crippen LogP contribution in [0, 0.1) is 16.0 Å². The van der Waals surface area contributed by atoms with Gasteiger partial charge >= 0.3 is 11.7 Å². The van der Waals surface area contributed by atoms with Crippen molar-refractivity contribution >= 4 is 29.4 Å². The fourth-order valence-electron chi connectivity index (χ4n) is 4.73. The van der Waals surface area contributed by atoms with Crippen molar-refractivity contribution in [3.63, 3.8) is 0 Å². The Bertz CT molecular complexity index is 1370. The summed E-state index contributed by atoms with van der Waals surface area (Å²) in [6.45, 7) is -0.601. The number of amides is 1. The number of rotatable bonds is 7. The fourth-order valence-corrected chi connectivity index (χ4v) is 4.73. The molecule has 37 heavy (non-hydrogen) atoms. The van der Waals surface area contributed by atoms with E-state index in [0.29, 0.717) is 11.5 Å². The van der Waals surface area contributed by atoms with Gasteiger partial charge in [-0.25, -0.2) is 9.80 Å². The third-order valence-corrected chi connectivity index (χ3v) is 6.39. The number of hydrogen-bond donors (Lipinski definition) is 0. The number of furan rings is 2. The second kappa shape index (κ2) is 10.1. The molecule has 11 nitrogen and oxygen atoms in total. The number of allylic oxidation sites excluding steroid dienone is 1.